The maximum atomic E-state index is 12.4. The summed E-state index contributed by atoms with van der Waals surface area (Å²) in [5.74, 6) is 0.325. The Morgan fingerprint density at radius 1 is 1.39 bits per heavy atom. The molecular formula is C14H24N2O2. The second-order valence-corrected chi connectivity index (χ2v) is 5.79. The third kappa shape index (κ3) is 3.12. The molecule has 1 aliphatic rings. The Bertz CT molecular complexity index is 359. The van der Waals surface area contributed by atoms with Gasteiger partial charge in [0.05, 0.1) is 0 Å². The maximum Gasteiger partial charge on any atom is 0.248 e. The van der Waals surface area contributed by atoms with E-state index in [0.717, 1.165) is 0 Å². The molecule has 4 nitrogen and oxygen atoms in total. The van der Waals surface area contributed by atoms with Gasteiger partial charge in [-0.2, -0.15) is 0 Å². The Labute approximate surface area is 109 Å². The molecule has 1 aliphatic heterocycles. The fourth-order valence-corrected chi connectivity index (χ4v) is 2.20. The van der Waals surface area contributed by atoms with Crippen molar-refractivity contribution in [3.8, 4) is 0 Å². The molecule has 0 aromatic carbocycles. The second kappa shape index (κ2) is 5.55. The molecule has 0 aromatic heterocycles. The van der Waals surface area contributed by atoms with Crippen molar-refractivity contribution in [1.29, 1.82) is 0 Å². The van der Waals surface area contributed by atoms with Crippen molar-refractivity contribution in [2.24, 2.45) is 5.92 Å². The summed E-state index contributed by atoms with van der Waals surface area (Å²) in [5, 5.41) is 2.81. The molecule has 1 saturated heterocycles. The first-order valence-electron chi connectivity index (χ1n) is 6.54. The van der Waals surface area contributed by atoms with Gasteiger partial charge in [0.25, 0.3) is 0 Å². The highest BCUT2D eigenvalue weighted by Gasteiger charge is 2.44. The van der Waals surface area contributed by atoms with Crippen LogP contribution >= 0.6 is 0 Å². The first-order valence-corrected chi connectivity index (χ1v) is 6.54. The third-order valence-corrected chi connectivity index (χ3v) is 3.14. The van der Waals surface area contributed by atoms with Crippen LogP contribution in [0.4, 0.5) is 0 Å². The average Bonchev–Trinajstić information content (AvgIpc) is 2.24. The lowest BCUT2D eigenvalue weighted by Gasteiger charge is -2.43. The van der Waals surface area contributed by atoms with Gasteiger partial charge in [0.2, 0.25) is 11.8 Å². The summed E-state index contributed by atoms with van der Waals surface area (Å²) in [5.41, 5.74) is -0.799. The lowest BCUT2D eigenvalue weighted by Crippen LogP contribution is -2.68. The summed E-state index contributed by atoms with van der Waals surface area (Å²) < 4.78 is 0. The van der Waals surface area contributed by atoms with Gasteiger partial charge in [-0.1, -0.05) is 26.0 Å². The quantitative estimate of drug-likeness (QED) is 0.774. The van der Waals surface area contributed by atoms with Crippen molar-refractivity contribution < 1.29 is 9.59 Å². The van der Waals surface area contributed by atoms with Crippen molar-refractivity contribution in [3.05, 3.63) is 12.2 Å². The summed E-state index contributed by atoms with van der Waals surface area (Å²) >= 11 is 0. The van der Waals surface area contributed by atoms with E-state index in [2.05, 4.69) is 19.2 Å². The molecule has 1 fully saturated rings. The molecule has 0 spiro atoms. The van der Waals surface area contributed by atoms with E-state index in [1.165, 1.54) is 0 Å². The minimum atomic E-state index is -0.799. The summed E-state index contributed by atoms with van der Waals surface area (Å²) in [6.45, 7) is 10.0. The van der Waals surface area contributed by atoms with Crippen molar-refractivity contribution >= 4 is 11.8 Å². The van der Waals surface area contributed by atoms with Crippen molar-refractivity contribution in [3.63, 3.8) is 0 Å². The van der Waals surface area contributed by atoms with E-state index in [9.17, 15) is 9.59 Å². The number of allylic oxidation sites excluding steroid dienone is 1. The van der Waals surface area contributed by atoms with Gasteiger partial charge in [0, 0.05) is 6.54 Å². The molecule has 18 heavy (non-hydrogen) atoms. The van der Waals surface area contributed by atoms with E-state index in [0.29, 0.717) is 18.9 Å². The van der Waals surface area contributed by atoms with Gasteiger partial charge in [0.1, 0.15) is 11.6 Å². The van der Waals surface area contributed by atoms with Crippen LogP contribution in [0.25, 0.3) is 0 Å². The van der Waals surface area contributed by atoms with Crippen LogP contribution in [0, 0.1) is 5.92 Å². The number of carbonyl (C=O) groups excluding carboxylic acids is 2. The minimum absolute atomic E-state index is 0.00847. The van der Waals surface area contributed by atoms with Crippen LogP contribution in [0.15, 0.2) is 12.2 Å². The Kier molecular flexibility index (Phi) is 4.54. The Morgan fingerprint density at radius 3 is 2.50 bits per heavy atom. The van der Waals surface area contributed by atoms with E-state index in [1.807, 2.05) is 19.1 Å². The van der Waals surface area contributed by atoms with Gasteiger partial charge in [0.15, 0.2) is 0 Å². The summed E-state index contributed by atoms with van der Waals surface area (Å²) in [7, 11) is 0. The van der Waals surface area contributed by atoms with Gasteiger partial charge >= 0.3 is 0 Å². The van der Waals surface area contributed by atoms with E-state index in [-0.39, 0.29) is 17.9 Å². The number of nitrogens with zero attached hydrogens (tertiary/aromatic N) is 1. The SMILES string of the molecule is C/C=C/CN1C(=O)C(C)(C)NC(=O)C1CC(C)C. The van der Waals surface area contributed by atoms with Gasteiger partial charge < -0.3 is 10.2 Å². The lowest BCUT2D eigenvalue weighted by molar-refractivity contribution is -0.153. The molecule has 1 unspecified atom stereocenters. The molecular weight excluding hydrogens is 228 g/mol. The number of hydrogen-bond donors (Lipinski definition) is 1. The number of rotatable bonds is 4. The van der Waals surface area contributed by atoms with E-state index >= 15 is 0 Å². The molecule has 1 atom stereocenters. The molecule has 0 bridgehead atoms. The number of amides is 2. The minimum Gasteiger partial charge on any atom is -0.340 e. The van der Waals surface area contributed by atoms with E-state index in [1.54, 1.807) is 18.7 Å². The van der Waals surface area contributed by atoms with Crippen molar-refractivity contribution in [1.82, 2.24) is 10.2 Å². The lowest BCUT2D eigenvalue weighted by atomic mass is 9.92. The predicted molar refractivity (Wildman–Crippen MR) is 72.0 cm³/mol. The molecule has 102 valence electrons. The number of nitrogens with one attached hydrogen (secondary N) is 1. The molecule has 4 heteroatoms. The molecule has 1 rings (SSSR count). The topological polar surface area (TPSA) is 49.4 Å². The molecule has 2 amide bonds. The van der Waals surface area contributed by atoms with Crippen LogP contribution < -0.4 is 5.32 Å². The normalized spacial score (nSPS) is 23.9. The number of carbonyl (C=O) groups is 2. The Morgan fingerprint density at radius 2 is 2.00 bits per heavy atom. The van der Waals surface area contributed by atoms with E-state index in [4.69, 9.17) is 0 Å². The third-order valence-electron chi connectivity index (χ3n) is 3.14. The molecule has 0 aliphatic carbocycles. The second-order valence-electron chi connectivity index (χ2n) is 5.79. The van der Waals surface area contributed by atoms with Crippen LogP contribution in [0.5, 0.6) is 0 Å². The zero-order chi connectivity index (χ0) is 13.9. The molecule has 1 N–H and O–H groups in total. The maximum absolute atomic E-state index is 12.4. The van der Waals surface area contributed by atoms with Gasteiger partial charge in [-0.05, 0) is 33.1 Å². The molecule has 1 heterocycles. The zero-order valence-electron chi connectivity index (χ0n) is 12.0. The van der Waals surface area contributed by atoms with Gasteiger partial charge in [-0.15, -0.1) is 0 Å². The van der Waals surface area contributed by atoms with E-state index < -0.39 is 5.54 Å². The predicted octanol–water partition coefficient (Wildman–Crippen LogP) is 1.71. The first-order chi connectivity index (χ1) is 8.29. The fourth-order valence-electron chi connectivity index (χ4n) is 2.20. The fraction of sp³-hybridized carbons (Fsp3) is 0.714. The van der Waals surface area contributed by atoms with Gasteiger partial charge in [-0.25, -0.2) is 0 Å². The Hall–Kier alpha value is -1.32. The molecule has 0 aromatic rings. The summed E-state index contributed by atoms with van der Waals surface area (Å²) in [6, 6.07) is -0.346. The van der Waals surface area contributed by atoms with Crippen LogP contribution in [-0.4, -0.2) is 34.8 Å². The highest BCUT2D eigenvalue weighted by molar-refractivity contribution is 5.99. The van der Waals surface area contributed by atoms with Crippen LogP contribution in [0.2, 0.25) is 0 Å². The average molecular weight is 252 g/mol. The summed E-state index contributed by atoms with van der Waals surface area (Å²) in [4.78, 5) is 26.2. The highest BCUT2D eigenvalue weighted by Crippen LogP contribution is 2.22. The zero-order valence-corrected chi connectivity index (χ0v) is 12.0. The smallest absolute Gasteiger partial charge is 0.248 e. The summed E-state index contributed by atoms with van der Waals surface area (Å²) in [6.07, 6.45) is 4.52. The van der Waals surface area contributed by atoms with Gasteiger partial charge in [-0.3, -0.25) is 9.59 Å². The molecule has 0 radical (unpaired) electrons. The monoisotopic (exact) mass is 252 g/mol. The van der Waals surface area contributed by atoms with Crippen molar-refractivity contribution in [2.45, 2.75) is 52.6 Å². The first kappa shape index (κ1) is 14.7. The van der Waals surface area contributed by atoms with Crippen LogP contribution in [0.3, 0.4) is 0 Å². The largest absolute Gasteiger partial charge is 0.340 e. The van der Waals surface area contributed by atoms with Crippen molar-refractivity contribution in [2.75, 3.05) is 6.54 Å². The highest BCUT2D eigenvalue weighted by atomic mass is 16.2. The van der Waals surface area contributed by atoms with Crippen LogP contribution in [0.1, 0.15) is 41.0 Å². The number of piperazine rings is 1. The number of hydrogen-bond acceptors (Lipinski definition) is 2. The molecule has 0 saturated carbocycles. The van der Waals surface area contributed by atoms with Crippen LogP contribution in [-0.2, 0) is 9.59 Å². The Balaban J connectivity index is 2.98. The standard InChI is InChI=1S/C14H24N2O2/c1-6-7-8-16-11(9-10(2)3)12(17)15-14(4,5)13(16)18/h6-7,10-11H,8-9H2,1-5H3,(H,15,17)/b7-6+.